The third kappa shape index (κ3) is 3.50. The Labute approximate surface area is 170 Å². The van der Waals surface area contributed by atoms with Crippen molar-refractivity contribution < 1.29 is 24.1 Å². The summed E-state index contributed by atoms with van der Waals surface area (Å²) in [4.78, 5) is 27.4. The molecule has 2 aliphatic rings. The number of hydrogen-bond donors (Lipinski definition) is 3. The summed E-state index contributed by atoms with van der Waals surface area (Å²) in [5.74, 6) is -1.40. The zero-order chi connectivity index (χ0) is 20.7. The Balaban J connectivity index is 1.80. The van der Waals surface area contributed by atoms with Gasteiger partial charge in [-0.15, -0.1) is 0 Å². The van der Waals surface area contributed by atoms with Gasteiger partial charge in [0.25, 0.3) is 0 Å². The maximum absolute atomic E-state index is 14.9. The predicted octanol–water partition coefficient (Wildman–Crippen LogP) is 0.684. The number of benzene rings is 1. The lowest BCUT2D eigenvalue weighted by Crippen LogP contribution is -2.44. The SMILES string of the molecule is CC1Sc2c(C(=O)OCC(O)CO)c(=O)c3cc(F)c(N4CCNCC4)cc3n21. The van der Waals surface area contributed by atoms with Gasteiger partial charge in [0.05, 0.1) is 28.2 Å². The number of aliphatic hydroxyl groups excluding tert-OH is 2. The van der Waals surface area contributed by atoms with E-state index in [2.05, 4.69) is 5.32 Å². The van der Waals surface area contributed by atoms with Crippen molar-refractivity contribution in [3.63, 3.8) is 0 Å². The first-order valence-electron chi connectivity index (χ1n) is 9.42. The first-order chi connectivity index (χ1) is 13.9. The Morgan fingerprint density at radius 2 is 2.14 bits per heavy atom. The monoisotopic (exact) mass is 423 g/mol. The van der Waals surface area contributed by atoms with Crippen LogP contribution in [0.3, 0.4) is 0 Å². The van der Waals surface area contributed by atoms with E-state index in [1.165, 1.54) is 17.8 Å². The summed E-state index contributed by atoms with van der Waals surface area (Å²) in [5, 5.41) is 22.0. The zero-order valence-corrected chi connectivity index (χ0v) is 16.7. The number of nitrogens with zero attached hydrogens (tertiary/aromatic N) is 2. The van der Waals surface area contributed by atoms with Gasteiger partial charge in [-0.1, -0.05) is 11.8 Å². The molecule has 156 valence electrons. The van der Waals surface area contributed by atoms with Crippen LogP contribution < -0.4 is 15.6 Å². The highest BCUT2D eigenvalue weighted by Gasteiger charge is 2.34. The third-order valence-electron chi connectivity index (χ3n) is 5.15. The molecule has 3 N–H and O–H groups in total. The summed E-state index contributed by atoms with van der Waals surface area (Å²) < 4.78 is 21.7. The second-order valence-corrected chi connectivity index (χ2v) is 8.39. The molecule has 10 heteroatoms. The van der Waals surface area contributed by atoms with Crippen molar-refractivity contribution in [2.45, 2.75) is 23.4 Å². The molecule has 2 atom stereocenters. The Kier molecular flexibility index (Phi) is 5.52. The van der Waals surface area contributed by atoms with Crippen molar-refractivity contribution in [3.8, 4) is 0 Å². The number of thioether (sulfide) groups is 1. The number of piperazine rings is 1. The molecule has 1 saturated heterocycles. The first kappa shape index (κ1) is 20.1. The zero-order valence-electron chi connectivity index (χ0n) is 15.9. The molecule has 1 aromatic heterocycles. The van der Waals surface area contributed by atoms with Crippen LogP contribution in [0.1, 0.15) is 22.7 Å². The lowest BCUT2D eigenvalue weighted by atomic mass is 10.1. The number of nitrogens with one attached hydrogen (secondary N) is 1. The van der Waals surface area contributed by atoms with Crippen molar-refractivity contribution in [3.05, 3.63) is 33.7 Å². The number of anilines is 1. The van der Waals surface area contributed by atoms with Gasteiger partial charge in [0.1, 0.15) is 24.1 Å². The second kappa shape index (κ2) is 7.94. The van der Waals surface area contributed by atoms with Crippen LogP contribution in [-0.4, -0.2) is 66.2 Å². The number of ether oxygens (including phenoxy) is 1. The minimum absolute atomic E-state index is 0.0241. The molecule has 0 aliphatic carbocycles. The number of aromatic nitrogens is 1. The maximum Gasteiger partial charge on any atom is 0.344 e. The second-order valence-electron chi connectivity index (χ2n) is 7.09. The van der Waals surface area contributed by atoms with Gasteiger partial charge in [0, 0.05) is 31.6 Å². The molecule has 1 aromatic carbocycles. The summed E-state index contributed by atoms with van der Waals surface area (Å²) in [6, 6.07) is 2.87. The molecule has 4 rings (SSSR count). The van der Waals surface area contributed by atoms with Crippen LogP contribution in [0.15, 0.2) is 22.0 Å². The lowest BCUT2D eigenvalue weighted by Gasteiger charge is -2.34. The summed E-state index contributed by atoms with van der Waals surface area (Å²) in [7, 11) is 0. The molecular weight excluding hydrogens is 401 g/mol. The number of rotatable bonds is 5. The number of hydrogen-bond acceptors (Lipinski definition) is 8. The largest absolute Gasteiger partial charge is 0.459 e. The van der Waals surface area contributed by atoms with Crippen molar-refractivity contribution in [1.82, 2.24) is 9.88 Å². The molecule has 0 spiro atoms. The van der Waals surface area contributed by atoms with Crippen LogP contribution in [0.5, 0.6) is 0 Å². The number of pyridine rings is 1. The topological polar surface area (TPSA) is 104 Å². The van der Waals surface area contributed by atoms with E-state index in [1.807, 2.05) is 16.4 Å². The van der Waals surface area contributed by atoms with E-state index in [9.17, 15) is 19.1 Å². The quantitative estimate of drug-likeness (QED) is 0.604. The van der Waals surface area contributed by atoms with Crippen LogP contribution in [0.4, 0.5) is 10.1 Å². The van der Waals surface area contributed by atoms with Crippen LogP contribution >= 0.6 is 11.8 Å². The molecule has 0 amide bonds. The lowest BCUT2D eigenvalue weighted by molar-refractivity contribution is 0.00882. The molecule has 0 saturated carbocycles. The fraction of sp³-hybridized carbons (Fsp3) is 0.474. The Bertz CT molecular complexity index is 1020. The number of esters is 1. The number of halogens is 1. The fourth-order valence-electron chi connectivity index (χ4n) is 3.66. The van der Waals surface area contributed by atoms with Crippen LogP contribution in [0.25, 0.3) is 10.9 Å². The van der Waals surface area contributed by atoms with Gasteiger partial charge >= 0.3 is 5.97 Å². The van der Waals surface area contributed by atoms with E-state index in [0.717, 1.165) is 13.1 Å². The molecule has 1 fully saturated rings. The van der Waals surface area contributed by atoms with Gasteiger partial charge in [0.15, 0.2) is 0 Å². The predicted molar refractivity (Wildman–Crippen MR) is 107 cm³/mol. The van der Waals surface area contributed by atoms with E-state index < -0.39 is 36.5 Å². The summed E-state index contributed by atoms with van der Waals surface area (Å²) in [5.41, 5.74) is 0.261. The summed E-state index contributed by atoms with van der Waals surface area (Å²) in [6.45, 7) is 3.79. The highest BCUT2D eigenvalue weighted by atomic mass is 32.2. The highest BCUT2D eigenvalue weighted by molar-refractivity contribution is 8.00. The summed E-state index contributed by atoms with van der Waals surface area (Å²) in [6.07, 6.45) is -1.22. The molecule has 8 nitrogen and oxygen atoms in total. The van der Waals surface area contributed by atoms with Crippen LogP contribution in [-0.2, 0) is 4.74 Å². The van der Waals surface area contributed by atoms with Gasteiger partial charge in [-0.25, -0.2) is 9.18 Å². The number of carbonyl (C=O) groups excluding carboxylic acids is 1. The molecule has 0 radical (unpaired) electrons. The minimum Gasteiger partial charge on any atom is -0.459 e. The summed E-state index contributed by atoms with van der Waals surface area (Å²) >= 11 is 1.36. The average molecular weight is 423 g/mol. The van der Waals surface area contributed by atoms with Crippen molar-refractivity contribution in [2.75, 3.05) is 44.3 Å². The van der Waals surface area contributed by atoms with E-state index in [0.29, 0.717) is 29.3 Å². The van der Waals surface area contributed by atoms with E-state index in [4.69, 9.17) is 9.84 Å². The van der Waals surface area contributed by atoms with Crippen LogP contribution in [0, 0.1) is 5.82 Å². The molecule has 0 bridgehead atoms. The third-order valence-corrected chi connectivity index (χ3v) is 6.33. The van der Waals surface area contributed by atoms with Gasteiger partial charge in [-0.2, -0.15) is 0 Å². The van der Waals surface area contributed by atoms with Crippen molar-refractivity contribution in [2.24, 2.45) is 0 Å². The van der Waals surface area contributed by atoms with Gasteiger partial charge in [0.2, 0.25) is 5.43 Å². The van der Waals surface area contributed by atoms with Gasteiger partial charge < -0.3 is 29.7 Å². The highest BCUT2D eigenvalue weighted by Crippen LogP contribution is 2.46. The van der Waals surface area contributed by atoms with E-state index >= 15 is 0 Å². The smallest absolute Gasteiger partial charge is 0.344 e. The average Bonchev–Trinajstić information content (AvgIpc) is 2.72. The molecule has 2 aromatic rings. The fourth-order valence-corrected chi connectivity index (χ4v) is 4.81. The number of carbonyl (C=O) groups is 1. The van der Waals surface area contributed by atoms with Crippen molar-refractivity contribution >= 4 is 34.3 Å². The molecule has 3 heterocycles. The number of aliphatic hydroxyl groups is 2. The molecule has 29 heavy (non-hydrogen) atoms. The van der Waals surface area contributed by atoms with Crippen LogP contribution in [0.2, 0.25) is 0 Å². The Morgan fingerprint density at radius 3 is 2.79 bits per heavy atom. The standard InChI is InChI=1S/C19H22FN3O5S/c1-10-23-14-7-15(22-4-2-21-3-5-22)13(20)6-12(14)17(26)16(18(23)29-10)19(27)28-9-11(25)8-24/h6-7,10-11,21,24-25H,2-5,8-9H2,1H3. The van der Waals surface area contributed by atoms with E-state index in [-0.39, 0.29) is 16.3 Å². The minimum atomic E-state index is -1.22. The van der Waals surface area contributed by atoms with Gasteiger partial charge in [-0.05, 0) is 19.1 Å². The first-order valence-corrected chi connectivity index (χ1v) is 10.3. The van der Waals surface area contributed by atoms with Crippen molar-refractivity contribution in [1.29, 1.82) is 0 Å². The molecule has 2 unspecified atom stereocenters. The van der Waals surface area contributed by atoms with Gasteiger partial charge in [-0.3, -0.25) is 4.79 Å². The maximum atomic E-state index is 14.9. The molecule has 2 aliphatic heterocycles. The Morgan fingerprint density at radius 1 is 1.41 bits per heavy atom. The Hall–Kier alpha value is -2.14. The van der Waals surface area contributed by atoms with E-state index in [1.54, 1.807) is 6.07 Å². The normalized spacial score (nSPS) is 19.6. The molecular formula is C19H22FN3O5S. The number of fused-ring (bicyclic) bond motifs is 3.